The van der Waals surface area contributed by atoms with Crippen LogP contribution in [0, 0.1) is 6.92 Å². The molecule has 0 saturated heterocycles. The summed E-state index contributed by atoms with van der Waals surface area (Å²) in [6.07, 6.45) is -5.50. The molecule has 0 amide bonds. The third-order valence-corrected chi connectivity index (χ3v) is 1.37. The fourth-order valence-corrected chi connectivity index (χ4v) is 0.791. The molecule has 0 radical (unpaired) electrons. The number of halogens is 5. The van der Waals surface area contributed by atoms with Crippen molar-refractivity contribution in [2.24, 2.45) is 0 Å². The lowest BCUT2D eigenvalue weighted by molar-refractivity contribution is -0.237. The van der Waals surface area contributed by atoms with Crippen LogP contribution in [0.25, 0.3) is 0 Å². The van der Waals surface area contributed by atoms with Crippen LogP contribution in [-0.2, 0) is 0 Å². The molecule has 0 aliphatic carbocycles. The molecular weight excluding hydrogens is 231 g/mol. The molecule has 92 valence electrons. The maximum Gasteiger partial charge on any atom is 0.559 e. The van der Waals surface area contributed by atoms with E-state index in [4.69, 9.17) is 4.74 Å². The van der Waals surface area contributed by atoms with E-state index in [0.717, 1.165) is 5.75 Å². The van der Waals surface area contributed by atoms with Gasteiger partial charge in [-0.1, -0.05) is 17.7 Å². The third-order valence-electron chi connectivity index (χ3n) is 1.37. The maximum atomic E-state index is 11.6. The van der Waals surface area contributed by atoms with E-state index >= 15 is 0 Å². The molecule has 0 unspecified atom stereocenters. The van der Waals surface area contributed by atoms with E-state index in [1.54, 1.807) is 0 Å². The second-order valence-corrected chi connectivity index (χ2v) is 2.78. The van der Waals surface area contributed by atoms with E-state index in [2.05, 4.69) is 0 Å². The van der Waals surface area contributed by atoms with Crippen molar-refractivity contribution >= 4 is 0 Å². The lowest BCUT2D eigenvalue weighted by atomic mass is 10.2. The summed E-state index contributed by atoms with van der Waals surface area (Å²) in [6.45, 7) is 1.70. The molecule has 0 atom stereocenters. The van der Waals surface area contributed by atoms with Gasteiger partial charge in [0.05, 0.1) is 0 Å². The first kappa shape index (κ1) is 14.7. The summed E-state index contributed by atoms with van der Waals surface area (Å²) in [5.74, 6) is 0.730. The molecule has 1 aromatic carbocycles. The highest BCUT2D eigenvalue weighted by molar-refractivity contribution is 5.26. The van der Waals surface area contributed by atoms with Gasteiger partial charge in [-0.3, -0.25) is 0 Å². The number of hydrogen-bond donors (Lipinski definition) is 0. The zero-order valence-corrected chi connectivity index (χ0v) is 8.52. The quantitative estimate of drug-likeness (QED) is 0.732. The van der Waals surface area contributed by atoms with Crippen LogP contribution in [0.1, 0.15) is 5.56 Å². The first-order valence-corrected chi connectivity index (χ1v) is 4.34. The van der Waals surface area contributed by atoms with Crippen molar-refractivity contribution in [1.82, 2.24) is 0 Å². The van der Waals surface area contributed by atoms with Crippen molar-refractivity contribution in [3.05, 3.63) is 29.8 Å². The normalized spacial score (nSPS) is 10.4. The van der Waals surface area contributed by atoms with Gasteiger partial charge in [-0.25, -0.2) is 4.39 Å². The fraction of sp³-hybridized carbons (Fsp3) is 0.400. The summed E-state index contributed by atoms with van der Waals surface area (Å²) in [5, 5.41) is 0. The Morgan fingerprint density at radius 2 is 1.50 bits per heavy atom. The van der Waals surface area contributed by atoms with Crippen LogP contribution in [0.4, 0.5) is 22.0 Å². The lowest BCUT2D eigenvalue weighted by Crippen LogP contribution is -1.97. The van der Waals surface area contributed by atoms with Crippen molar-refractivity contribution < 1.29 is 26.7 Å². The fourth-order valence-electron chi connectivity index (χ4n) is 0.791. The van der Waals surface area contributed by atoms with E-state index in [1.165, 1.54) is 5.56 Å². The van der Waals surface area contributed by atoms with Crippen molar-refractivity contribution in [3.63, 3.8) is 0 Å². The smallest absolute Gasteiger partial charge is 0.491 e. The molecule has 0 bridgehead atoms. The van der Waals surface area contributed by atoms with E-state index in [-0.39, 0.29) is 6.61 Å². The Morgan fingerprint density at radius 1 is 1.06 bits per heavy atom. The molecule has 16 heavy (non-hydrogen) atoms. The topological polar surface area (TPSA) is 9.23 Å². The second-order valence-electron chi connectivity index (χ2n) is 2.78. The van der Waals surface area contributed by atoms with Gasteiger partial charge in [0, 0.05) is 0 Å². The highest BCUT2D eigenvalue weighted by Gasteiger charge is 2.24. The van der Waals surface area contributed by atoms with E-state index in [0.29, 0.717) is 0 Å². The molecule has 1 rings (SSSR count). The Kier molecular flexibility index (Phi) is 6.44. The molecular formula is C10H11F5O. The van der Waals surface area contributed by atoms with Crippen LogP contribution in [0.2, 0.25) is 0 Å². The van der Waals surface area contributed by atoms with Crippen LogP contribution in [0.5, 0.6) is 5.75 Å². The maximum absolute atomic E-state index is 11.6. The van der Waals surface area contributed by atoms with Gasteiger partial charge in [-0.15, -0.1) is 17.6 Å². The monoisotopic (exact) mass is 242 g/mol. The molecule has 0 aliphatic rings. The highest BCUT2D eigenvalue weighted by atomic mass is 19.5. The molecule has 0 heterocycles. The van der Waals surface area contributed by atoms with Crippen LogP contribution >= 0.6 is 0 Å². The lowest BCUT2D eigenvalue weighted by Gasteiger charge is -2.02. The van der Waals surface area contributed by atoms with Crippen molar-refractivity contribution in [1.29, 1.82) is 0 Å². The van der Waals surface area contributed by atoms with Gasteiger partial charge in [-0.05, 0) is 19.1 Å². The molecule has 1 nitrogen and oxygen atoms in total. The average Bonchev–Trinajstić information content (AvgIpc) is 2.14. The summed E-state index contributed by atoms with van der Waals surface area (Å²) in [6, 6.07) is 7.55. The third kappa shape index (κ3) is 10.7. The number of aryl methyl sites for hydroxylation is 1. The van der Waals surface area contributed by atoms with Gasteiger partial charge >= 0.3 is 6.43 Å². The van der Waals surface area contributed by atoms with Gasteiger partial charge < -0.3 is 4.74 Å². The van der Waals surface area contributed by atoms with E-state index in [1.807, 2.05) is 31.2 Å². The molecule has 6 heteroatoms. The minimum absolute atomic E-state index is 0.142. The summed E-state index contributed by atoms with van der Waals surface area (Å²) in [4.78, 5) is 0. The molecule has 0 fully saturated rings. The van der Waals surface area contributed by atoms with Gasteiger partial charge in [0.25, 0.3) is 0 Å². The van der Waals surface area contributed by atoms with E-state index < -0.39 is 13.1 Å². The number of alkyl halides is 5. The molecule has 0 aromatic heterocycles. The summed E-state index contributed by atoms with van der Waals surface area (Å²) >= 11 is 0. The summed E-state index contributed by atoms with van der Waals surface area (Å²) < 4.78 is 55.4. The van der Waals surface area contributed by atoms with Crippen molar-refractivity contribution in [2.75, 3.05) is 13.3 Å². The Labute approximate surface area is 89.8 Å². The second kappa shape index (κ2) is 7.03. The molecule has 0 aliphatic heterocycles. The Hall–Kier alpha value is -1.33. The zero-order chi connectivity index (χ0) is 12.6. The zero-order valence-electron chi connectivity index (χ0n) is 8.52. The van der Waals surface area contributed by atoms with Crippen molar-refractivity contribution in [3.8, 4) is 5.75 Å². The predicted octanol–water partition coefficient (Wildman–Crippen LogP) is 3.82. The first-order valence-electron chi connectivity index (χ1n) is 4.34. The first-order chi connectivity index (χ1) is 7.33. The van der Waals surface area contributed by atoms with Crippen LogP contribution < -0.4 is 4.74 Å². The summed E-state index contributed by atoms with van der Waals surface area (Å²) in [5.41, 5.74) is 1.18. The Bertz CT molecular complexity index is 274. The Balaban J connectivity index is 0.000000385. The molecule has 0 N–H and O–H groups in total. The van der Waals surface area contributed by atoms with Crippen LogP contribution in [-0.4, -0.2) is 19.7 Å². The van der Waals surface area contributed by atoms with E-state index in [9.17, 15) is 22.0 Å². The molecule has 1 aromatic rings. The average molecular weight is 242 g/mol. The number of hydrogen-bond acceptors (Lipinski definition) is 1. The Morgan fingerprint density at radius 3 is 1.88 bits per heavy atom. The number of rotatable bonds is 3. The predicted molar refractivity (Wildman–Crippen MR) is 49.8 cm³/mol. The van der Waals surface area contributed by atoms with Crippen LogP contribution in [0.3, 0.4) is 0 Å². The van der Waals surface area contributed by atoms with Gasteiger partial charge in [-0.2, -0.15) is 0 Å². The SMILES string of the molecule is Cc1ccc(OCCF)cc1.FC(F)(F)F. The minimum Gasteiger partial charge on any atom is -0.491 e. The standard InChI is InChI=1S/C9H11FO.CF4/c1-8-2-4-9(5-3-8)11-7-6-10;2-1(3,4)5/h2-5H,6-7H2,1H3;. The van der Waals surface area contributed by atoms with Crippen molar-refractivity contribution in [2.45, 2.75) is 13.4 Å². The number of ether oxygens (including phenoxy) is 1. The largest absolute Gasteiger partial charge is 0.559 e. The molecule has 0 spiro atoms. The minimum atomic E-state index is -5.50. The van der Waals surface area contributed by atoms with Crippen LogP contribution in [0.15, 0.2) is 24.3 Å². The van der Waals surface area contributed by atoms with Gasteiger partial charge in [0.1, 0.15) is 19.0 Å². The number of benzene rings is 1. The highest BCUT2D eigenvalue weighted by Crippen LogP contribution is 2.13. The molecule has 0 saturated carbocycles. The summed E-state index contributed by atoms with van der Waals surface area (Å²) in [7, 11) is 0. The van der Waals surface area contributed by atoms with Gasteiger partial charge in [0.15, 0.2) is 0 Å². The van der Waals surface area contributed by atoms with Gasteiger partial charge in [0.2, 0.25) is 0 Å².